The molecule has 0 amide bonds. The number of carboxylic acids is 1. The molecule has 5 heteroatoms. The van der Waals surface area contributed by atoms with Crippen LogP contribution < -0.4 is 4.74 Å². The van der Waals surface area contributed by atoms with E-state index in [1.54, 1.807) is 12.1 Å². The highest BCUT2D eigenvalue weighted by Crippen LogP contribution is 2.26. The summed E-state index contributed by atoms with van der Waals surface area (Å²) in [7, 11) is 0. The summed E-state index contributed by atoms with van der Waals surface area (Å²) in [6, 6.07) is 9.94. The van der Waals surface area contributed by atoms with Crippen LogP contribution in [0.1, 0.15) is 5.56 Å². The second-order valence-corrected chi connectivity index (χ2v) is 3.89. The van der Waals surface area contributed by atoms with E-state index in [0.29, 0.717) is 11.3 Å². The minimum absolute atomic E-state index is 0.209. The zero-order chi connectivity index (χ0) is 14.5. The first-order valence-electron chi connectivity index (χ1n) is 5.69. The summed E-state index contributed by atoms with van der Waals surface area (Å²) >= 11 is 0. The Morgan fingerprint density at radius 3 is 2.45 bits per heavy atom. The van der Waals surface area contributed by atoms with E-state index in [2.05, 4.69) is 0 Å². The summed E-state index contributed by atoms with van der Waals surface area (Å²) in [6.07, 6.45) is 2.41. The van der Waals surface area contributed by atoms with Gasteiger partial charge in [-0.1, -0.05) is 18.2 Å². The van der Waals surface area contributed by atoms with E-state index in [0.717, 1.165) is 12.1 Å². The highest BCUT2D eigenvalue weighted by Gasteiger charge is 2.09. The van der Waals surface area contributed by atoms with Gasteiger partial charge >= 0.3 is 5.97 Å². The number of halogens is 2. The van der Waals surface area contributed by atoms with Crippen LogP contribution in [0.15, 0.2) is 48.5 Å². The average Bonchev–Trinajstić information content (AvgIpc) is 2.43. The number of carboxylic acid groups (broad SMARTS) is 1. The average molecular weight is 276 g/mol. The number of rotatable bonds is 4. The van der Waals surface area contributed by atoms with Gasteiger partial charge in [0.25, 0.3) is 0 Å². The van der Waals surface area contributed by atoms with Gasteiger partial charge in [0.1, 0.15) is 5.75 Å². The van der Waals surface area contributed by atoms with Crippen molar-refractivity contribution < 1.29 is 23.4 Å². The molecule has 0 unspecified atom stereocenters. The van der Waals surface area contributed by atoms with E-state index in [-0.39, 0.29) is 5.75 Å². The van der Waals surface area contributed by atoms with Crippen molar-refractivity contribution in [3.05, 3.63) is 65.7 Å². The van der Waals surface area contributed by atoms with Gasteiger partial charge in [0.15, 0.2) is 11.6 Å². The molecule has 0 aliphatic heterocycles. The number of ether oxygens (including phenoxy) is 1. The monoisotopic (exact) mass is 276 g/mol. The minimum atomic E-state index is -1.05. The summed E-state index contributed by atoms with van der Waals surface area (Å²) in [5.74, 6) is -2.97. The lowest BCUT2D eigenvalue weighted by molar-refractivity contribution is -0.131. The smallest absolute Gasteiger partial charge is 0.328 e. The molecule has 20 heavy (non-hydrogen) atoms. The van der Waals surface area contributed by atoms with Crippen LogP contribution in [0.25, 0.3) is 6.08 Å². The molecule has 2 aromatic carbocycles. The van der Waals surface area contributed by atoms with Crippen LogP contribution in [-0.4, -0.2) is 11.1 Å². The van der Waals surface area contributed by atoms with E-state index in [9.17, 15) is 13.6 Å². The third-order valence-corrected chi connectivity index (χ3v) is 2.44. The van der Waals surface area contributed by atoms with Gasteiger partial charge in [-0.2, -0.15) is 4.39 Å². The quantitative estimate of drug-likeness (QED) is 0.863. The van der Waals surface area contributed by atoms with Gasteiger partial charge < -0.3 is 9.84 Å². The molecule has 2 aromatic rings. The first-order chi connectivity index (χ1) is 9.56. The molecule has 0 aliphatic rings. The van der Waals surface area contributed by atoms with Crippen molar-refractivity contribution in [2.24, 2.45) is 0 Å². The van der Waals surface area contributed by atoms with Gasteiger partial charge in [0.05, 0.1) is 0 Å². The Balaban J connectivity index is 2.15. The molecular weight excluding hydrogens is 266 g/mol. The largest absolute Gasteiger partial charge is 0.478 e. The van der Waals surface area contributed by atoms with Crippen molar-refractivity contribution in [3.8, 4) is 11.5 Å². The standard InChI is InChI=1S/C15H10F2O3/c16-12-2-1-3-13(15(12)17)20-11-7-4-10(5-8-11)6-9-14(18)19/h1-9H,(H,18,19). The van der Waals surface area contributed by atoms with Crippen LogP contribution in [-0.2, 0) is 4.79 Å². The van der Waals surface area contributed by atoms with Crippen LogP contribution in [0.2, 0.25) is 0 Å². The Bertz CT molecular complexity index is 649. The van der Waals surface area contributed by atoms with Crippen LogP contribution in [0.4, 0.5) is 8.78 Å². The molecular formula is C15H10F2O3. The molecule has 0 bridgehead atoms. The van der Waals surface area contributed by atoms with Gasteiger partial charge in [-0.05, 0) is 35.9 Å². The molecule has 0 aromatic heterocycles. The number of hydrogen-bond donors (Lipinski definition) is 1. The maximum atomic E-state index is 13.4. The van der Waals surface area contributed by atoms with Crippen LogP contribution in [0, 0.1) is 11.6 Å². The maximum absolute atomic E-state index is 13.4. The number of benzene rings is 2. The number of hydrogen-bond acceptors (Lipinski definition) is 2. The molecule has 0 radical (unpaired) electrons. The van der Waals surface area contributed by atoms with Gasteiger partial charge in [-0.3, -0.25) is 0 Å². The molecule has 0 atom stereocenters. The van der Waals surface area contributed by atoms with Gasteiger partial charge in [-0.15, -0.1) is 0 Å². The molecule has 0 saturated heterocycles. The fraction of sp³-hybridized carbons (Fsp3) is 0. The van der Waals surface area contributed by atoms with E-state index in [1.807, 2.05) is 0 Å². The lowest BCUT2D eigenvalue weighted by Gasteiger charge is -2.07. The molecule has 0 fully saturated rings. The van der Waals surface area contributed by atoms with E-state index >= 15 is 0 Å². The highest BCUT2D eigenvalue weighted by atomic mass is 19.2. The second kappa shape index (κ2) is 5.97. The molecule has 0 heterocycles. The van der Waals surface area contributed by atoms with Crippen LogP contribution >= 0.6 is 0 Å². The Morgan fingerprint density at radius 2 is 1.80 bits per heavy atom. The van der Waals surface area contributed by atoms with Crippen LogP contribution in [0.5, 0.6) is 11.5 Å². The van der Waals surface area contributed by atoms with Gasteiger partial charge in [0.2, 0.25) is 5.82 Å². The van der Waals surface area contributed by atoms with E-state index in [4.69, 9.17) is 9.84 Å². The topological polar surface area (TPSA) is 46.5 Å². The lowest BCUT2D eigenvalue weighted by Crippen LogP contribution is -1.91. The molecule has 2 rings (SSSR count). The Labute approximate surface area is 113 Å². The molecule has 0 aliphatic carbocycles. The predicted molar refractivity (Wildman–Crippen MR) is 69.5 cm³/mol. The normalized spacial score (nSPS) is 10.7. The summed E-state index contributed by atoms with van der Waals surface area (Å²) in [4.78, 5) is 10.4. The van der Waals surface area contributed by atoms with Crippen molar-refractivity contribution in [2.75, 3.05) is 0 Å². The molecule has 1 N–H and O–H groups in total. The second-order valence-electron chi connectivity index (χ2n) is 3.89. The lowest BCUT2D eigenvalue weighted by atomic mass is 10.2. The third kappa shape index (κ3) is 3.41. The summed E-state index contributed by atoms with van der Waals surface area (Å²) in [6.45, 7) is 0. The van der Waals surface area contributed by atoms with Crippen LogP contribution in [0.3, 0.4) is 0 Å². The Hall–Kier alpha value is -2.69. The first kappa shape index (κ1) is 13.7. The summed E-state index contributed by atoms with van der Waals surface area (Å²) in [5.41, 5.74) is 0.652. The molecule has 0 saturated carbocycles. The molecule has 102 valence electrons. The van der Waals surface area contributed by atoms with Crippen molar-refractivity contribution in [3.63, 3.8) is 0 Å². The fourth-order valence-electron chi connectivity index (χ4n) is 1.50. The Kier molecular flexibility index (Phi) is 4.10. The molecule has 3 nitrogen and oxygen atoms in total. The van der Waals surface area contributed by atoms with Crippen molar-refractivity contribution >= 4 is 12.0 Å². The zero-order valence-electron chi connectivity index (χ0n) is 10.2. The molecule has 0 spiro atoms. The first-order valence-corrected chi connectivity index (χ1v) is 5.69. The predicted octanol–water partition coefficient (Wildman–Crippen LogP) is 3.85. The Morgan fingerprint density at radius 1 is 1.10 bits per heavy atom. The maximum Gasteiger partial charge on any atom is 0.328 e. The minimum Gasteiger partial charge on any atom is -0.478 e. The SMILES string of the molecule is O=C(O)C=Cc1ccc(Oc2cccc(F)c2F)cc1. The summed E-state index contributed by atoms with van der Waals surface area (Å²) in [5, 5.41) is 8.49. The third-order valence-electron chi connectivity index (χ3n) is 2.44. The van der Waals surface area contributed by atoms with E-state index in [1.165, 1.54) is 30.3 Å². The highest BCUT2D eigenvalue weighted by molar-refractivity contribution is 5.85. The zero-order valence-corrected chi connectivity index (χ0v) is 10.2. The number of aliphatic carboxylic acids is 1. The summed E-state index contributed by atoms with van der Waals surface area (Å²) < 4.78 is 31.6. The van der Waals surface area contributed by atoms with Gasteiger partial charge in [-0.25, -0.2) is 9.18 Å². The van der Waals surface area contributed by atoms with Crippen molar-refractivity contribution in [1.29, 1.82) is 0 Å². The van der Waals surface area contributed by atoms with E-state index < -0.39 is 17.6 Å². The number of carbonyl (C=O) groups is 1. The van der Waals surface area contributed by atoms with Crippen molar-refractivity contribution in [1.82, 2.24) is 0 Å². The fourth-order valence-corrected chi connectivity index (χ4v) is 1.50. The van der Waals surface area contributed by atoms with Gasteiger partial charge in [0, 0.05) is 6.08 Å². The van der Waals surface area contributed by atoms with Crippen molar-refractivity contribution in [2.45, 2.75) is 0 Å².